The monoisotopic (exact) mass is 1230 g/mol. The lowest BCUT2D eigenvalue weighted by molar-refractivity contribution is -0.138. The van der Waals surface area contributed by atoms with Crippen molar-refractivity contribution in [3.8, 4) is 34.5 Å². The van der Waals surface area contributed by atoms with E-state index >= 15 is 0 Å². The second kappa shape index (κ2) is 34.3. The van der Waals surface area contributed by atoms with E-state index in [-0.39, 0.29) is 92.8 Å². The molecule has 20 nitrogen and oxygen atoms in total. The van der Waals surface area contributed by atoms with Crippen molar-refractivity contribution < 1.29 is 82.4 Å². The molecular weight excluding hydrogens is 1170 g/mol. The lowest BCUT2D eigenvalue weighted by atomic mass is 9.87. The van der Waals surface area contributed by atoms with E-state index in [2.05, 4.69) is 36.7 Å². The van der Waals surface area contributed by atoms with Crippen LogP contribution in [0.2, 0.25) is 5.02 Å². The van der Waals surface area contributed by atoms with E-state index in [1.54, 1.807) is 97.1 Å². The number of carboxylic acids is 4. The number of aliphatic carboxylic acids is 1. The summed E-state index contributed by atoms with van der Waals surface area (Å²) in [5.41, 5.74) is 4.77. The Balaban J connectivity index is 0.000000214. The number of hydrogen-bond donors (Lipinski definition) is 7. The maximum absolute atomic E-state index is 12.7. The molecule has 8 aromatic rings. The summed E-state index contributed by atoms with van der Waals surface area (Å²) in [4.78, 5) is 79.9. The Hall–Kier alpha value is -10.9. The Morgan fingerprint density at radius 3 is 1.08 bits per heavy atom. The van der Waals surface area contributed by atoms with Crippen molar-refractivity contribution >= 4 is 70.3 Å². The van der Waals surface area contributed by atoms with Gasteiger partial charge in [0.25, 0.3) is 5.91 Å². The third-order valence-corrected chi connectivity index (χ3v) is 12.7. The number of rotatable bonds is 27. The van der Waals surface area contributed by atoms with Gasteiger partial charge in [-0.05, 0) is 150 Å². The van der Waals surface area contributed by atoms with Gasteiger partial charge in [-0.1, -0.05) is 93.0 Å². The number of benzene rings is 8. The predicted octanol–water partition coefficient (Wildman–Crippen LogP) is 12.7. The summed E-state index contributed by atoms with van der Waals surface area (Å²) in [7, 11) is 0. The molecule has 89 heavy (non-hydrogen) atoms. The molecule has 0 bridgehead atoms. The number of carbonyl (C=O) groups is 7. The summed E-state index contributed by atoms with van der Waals surface area (Å²) in [6.45, 7) is 7.84. The highest BCUT2D eigenvalue weighted by Gasteiger charge is 2.17. The van der Waals surface area contributed by atoms with Crippen molar-refractivity contribution in [2.75, 3.05) is 55.6 Å². The molecule has 3 amide bonds. The number of aromatic carboxylic acids is 3. The van der Waals surface area contributed by atoms with Gasteiger partial charge in [0.1, 0.15) is 74.1 Å². The molecule has 0 aromatic heterocycles. The number of anilines is 3. The average molecular weight is 1230 g/mol. The van der Waals surface area contributed by atoms with E-state index in [0.717, 1.165) is 11.1 Å². The molecule has 8 rings (SSSR count). The predicted molar refractivity (Wildman–Crippen MR) is 335 cm³/mol. The second-order valence-electron chi connectivity index (χ2n) is 20.1. The molecule has 0 atom stereocenters. The second-order valence-corrected chi connectivity index (χ2v) is 20.6. The molecule has 0 saturated carbocycles. The van der Waals surface area contributed by atoms with Crippen LogP contribution in [0.4, 0.5) is 17.1 Å². The Bertz CT molecular complexity index is 3630. The number of ether oxygens (including phenoxy) is 6. The van der Waals surface area contributed by atoms with Crippen LogP contribution in [-0.4, -0.2) is 102 Å². The molecule has 21 heteroatoms. The molecule has 0 aliphatic heterocycles. The average Bonchev–Trinajstić information content (AvgIpc) is 3.48. The van der Waals surface area contributed by atoms with Gasteiger partial charge in [-0.3, -0.25) is 19.2 Å². The minimum atomic E-state index is -1.04. The van der Waals surface area contributed by atoms with Crippen LogP contribution in [0.15, 0.2) is 194 Å². The van der Waals surface area contributed by atoms with Gasteiger partial charge < -0.3 is 64.8 Å². The van der Waals surface area contributed by atoms with Crippen LogP contribution in [0.1, 0.15) is 86.2 Å². The standard InChI is InChI=1S/C26H27NO5.C23H20ClNO5.C19H19NO7/c1-26(2,3)20-12-8-18(9-13-20)24(28)27-22-6-4-5-7-23(22)32-17-16-31-21-14-10-19(11-15-21)25(29)30;24-18-9-5-16(6-10-18)15-22(26)25-20-3-1-2-4-21(20)30-14-13-29-19-11-7-17(8-12-19)23(27)28;21-17(9-10-18(22)23)20-15-3-1-2-4-16(15)27-12-11-26-14-7-5-13(6-8-14)19(24)25/h4-15H,16-17H2,1-3H3,(H,27,28)(H,29,30);1-12H,13-15H2,(H,25,26)(H,27,28);1-8H,9-12H2,(H,20,21)(H,22,23)(H,24,25). The van der Waals surface area contributed by atoms with E-state index in [1.807, 2.05) is 60.7 Å². The van der Waals surface area contributed by atoms with E-state index in [4.69, 9.17) is 60.4 Å². The number of carbonyl (C=O) groups excluding carboxylic acids is 3. The minimum absolute atomic E-state index is 0.0236. The van der Waals surface area contributed by atoms with E-state index in [9.17, 15) is 33.6 Å². The molecule has 462 valence electrons. The highest BCUT2D eigenvalue weighted by Crippen LogP contribution is 2.28. The zero-order valence-electron chi connectivity index (χ0n) is 48.8. The molecule has 0 fully saturated rings. The van der Waals surface area contributed by atoms with Crippen molar-refractivity contribution in [3.05, 3.63) is 233 Å². The third kappa shape index (κ3) is 23.5. The SMILES string of the molecule is CC(C)(C)c1ccc(C(=O)Nc2ccccc2OCCOc2ccc(C(=O)O)cc2)cc1.O=C(Cc1ccc(Cl)cc1)Nc1ccccc1OCCOc1ccc(C(=O)O)cc1.O=C(O)CCC(=O)Nc1ccccc1OCCOc1ccc(C(=O)O)cc1. The lowest BCUT2D eigenvalue weighted by Gasteiger charge is -2.19. The molecule has 0 saturated heterocycles. The van der Waals surface area contributed by atoms with Crippen molar-refractivity contribution in [1.29, 1.82) is 0 Å². The fourth-order valence-electron chi connectivity index (χ4n) is 7.83. The zero-order valence-corrected chi connectivity index (χ0v) is 49.6. The van der Waals surface area contributed by atoms with Gasteiger partial charge in [-0.2, -0.15) is 0 Å². The van der Waals surface area contributed by atoms with Gasteiger partial charge in [-0.15, -0.1) is 0 Å². The maximum atomic E-state index is 12.7. The van der Waals surface area contributed by atoms with Crippen LogP contribution >= 0.6 is 11.6 Å². The van der Waals surface area contributed by atoms with Gasteiger partial charge in [0.15, 0.2) is 0 Å². The van der Waals surface area contributed by atoms with Crippen LogP contribution in [0.3, 0.4) is 0 Å². The number of amides is 3. The Morgan fingerprint density at radius 2 is 0.719 bits per heavy atom. The van der Waals surface area contributed by atoms with Gasteiger partial charge in [0, 0.05) is 17.0 Å². The Kier molecular flexibility index (Phi) is 25.9. The molecule has 0 aliphatic carbocycles. The van der Waals surface area contributed by atoms with Crippen LogP contribution in [0, 0.1) is 0 Å². The smallest absolute Gasteiger partial charge is 0.335 e. The molecular formula is C68H66ClN3O17. The van der Waals surface area contributed by atoms with E-state index < -0.39 is 29.8 Å². The van der Waals surface area contributed by atoms with E-state index in [0.29, 0.717) is 62.1 Å². The van der Waals surface area contributed by atoms with Gasteiger partial charge in [-0.25, -0.2) is 14.4 Å². The largest absolute Gasteiger partial charge is 0.490 e. The molecule has 0 radical (unpaired) electrons. The summed E-state index contributed by atoms with van der Waals surface area (Å²) in [5, 5.41) is 44.3. The first kappa shape index (κ1) is 67.3. The maximum Gasteiger partial charge on any atom is 0.335 e. The van der Waals surface area contributed by atoms with Crippen molar-refractivity contribution in [2.45, 2.75) is 45.4 Å². The summed E-state index contributed by atoms with van der Waals surface area (Å²) in [6, 6.07) is 54.2. The lowest BCUT2D eigenvalue weighted by Crippen LogP contribution is -2.16. The number of halogens is 1. The number of para-hydroxylation sites is 6. The highest BCUT2D eigenvalue weighted by atomic mass is 35.5. The van der Waals surface area contributed by atoms with Gasteiger partial charge in [0.05, 0.1) is 46.6 Å². The first-order valence-electron chi connectivity index (χ1n) is 27.7. The topological polar surface area (TPSA) is 292 Å². The van der Waals surface area contributed by atoms with Crippen LogP contribution in [0.5, 0.6) is 34.5 Å². The Morgan fingerprint density at radius 1 is 0.382 bits per heavy atom. The molecule has 0 spiro atoms. The van der Waals surface area contributed by atoms with Gasteiger partial charge in [0.2, 0.25) is 11.8 Å². The quantitative estimate of drug-likeness (QED) is 0.0235. The molecule has 7 N–H and O–H groups in total. The van der Waals surface area contributed by atoms with Crippen LogP contribution < -0.4 is 44.4 Å². The molecule has 0 heterocycles. The number of carboxylic acid groups (broad SMARTS) is 4. The summed E-state index contributed by atoms with van der Waals surface area (Å²) in [6.07, 6.45) is -0.149. The Labute approximate surface area is 518 Å². The van der Waals surface area contributed by atoms with Crippen LogP contribution in [0.25, 0.3) is 0 Å². The van der Waals surface area contributed by atoms with Crippen molar-refractivity contribution in [1.82, 2.24) is 0 Å². The number of nitrogens with one attached hydrogen (secondary N) is 3. The normalized spacial score (nSPS) is 10.5. The first-order valence-corrected chi connectivity index (χ1v) is 28.1. The highest BCUT2D eigenvalue weighted by molar-refractivity contribution is 6.30. The molecule has 0 aliphatic rings. The summed E-state index contributed by atoms with van der Waals surface area (Å²) < 4.78 is 33.7. The van der Waals surface area contributed by atoms with Crippen molar-refractivity contribution in [3.63, 3.8) is 0 Å². The fourth-order valence-corrected chi connectivity index (χ4v) is 7.96. The third-order valence-electron chi connectivity index (χ3n) is 12.4. The summed E-state index contributed by atoms with van der Waals surface area (Å²) in [5.74, 6) is -1.68. The minimum Gasteiger partial charge on any atom is -0.490 e. The van der Waals surface area contributed by atoms with Crippen molar-refractivity contribution in [2.24, 2.45) is 0 Å². The van der Waals surface area contributed by atoms with Gasteiger partial charge >= 0.3 is 23.9 Å². The zero-order chi connectivity index (χ0) is 64.1. The number of hydrogen-bond acceptors (Lipinski definition) is 13. The first-order chi connectivity index (χ1) is 42.7. The molecule has 0 unspecified atom stereocenters. The van der Waals surface area contributed by atoms with E-state index in [1.165, 1.54) is 36.4 Å². The molecule has 8 aromatic carbocycles. The summed E-state index contributed by atoms with van der Waals surface area (Å²) >= 11 is 5.87. The van der Waals surface area contributed by atoms with Crippen LogP contribution in [-0.2, 0) is 26.2 Å². The fraction of sp³-hybridized carbons (Fsp3) is 0.191.